The van der Waals surface area contributed by atoms with Gasteiger partial charge >= 0.3 is 0 Å². The van der Waals surface area contributed by atoms with Crippen LogP contribution >= 0.6 is 0 Å². The van der Waals surface area contributed by atoms with Crippen LogP contribution in [0.1, 0.15) is 34.5 Å². The second-order valence-corrected chi connectivity index (χ2v) is 4.21. The van der Waals surface area contributed by atoms with Crippen LogP contribution in [0.5, 0.6) is 0 Å². The number of hydrogen-bond donors (Lipinski definition) is 0. The van der Waals surface area contributed by atoms with Crippen LogP contribution in [0.4, 0.5) is 0 Å². The maximum atomic E-state index is 12.2. The maximum Gasteiger partial charge on any atom is 0.171 e. The molecule has 1 atom stereocenters. The fourth-order valence-corrected chi connectivity index (χ4v) is 1.72. The van der Waals surface area contributed by atoms with Gasteiger partial charge in [-0.15, -0.1) is 0 Å². The molecule has 0 aliphatic rings. The molecule has 0 aliphatic carbocycles. The fraction of sp³-hybridized carbons (Fsp3) is 0.200. The SMILES string of the molecule is Cc1ccc(C(C)C(=O)c2ccccc2)nc1. The third kappa shape index (κ3) is 2.59. The normalized spacial score (nSPS) is 12.1. The number of Topliss-reactive ketones (excluding diaryl/α,β-unsaturated/α-hetero) is 1. The summed E-state index contributed by atoms with van der Waals surface area (Å²) in [4.78, 5) is 16.5. The minimum Gasteiger partial charge on any atom is -0.293 e. The third-order valence-corrected chi connectivity index (χ3v) is 2.83. The van der Waals surface area contributed by atoms with Crippen molar-refractivity contribution in [1.29, 1.82) is 0 Å². The standard InChI is InChI=1S/C15H15NO/c1-11-8-9-14(16-10-11)12(2)15(17)13-6-4-3-5-7-13/h3-10,12H,1-2H3. The lowest BCUT2D eigenvalue weighted by Gasteiger charge is -2.10. The Morgan fingerprint density at radius 1 is 1.12 bits per heavy atom. The van der Waals surface area contributed by atoms with E-state index in [0.717, 1.165) is 16.8 Å². The van der Waals surface area contributed by atoms with E-state index in [0.29, 0.717) is 0 Å². The molecule has 0 bridgehead atoms. The molecule has 0 spiro atoms. The first kappa shape index (κ1) is 11.5. The van der Waals surface area contributed by atoms with Crippen LogP contribution in [0.25, 0.3) is 0 Å². The number of nitrogens with zero attached hydrogens (tertiary/aromatic N) is 1. The molecular formula is C15H15NO. The van der Waals surface area contributed by atoms with Crippen molar-refractivity contribution in [3.8, 4) is 0 Å². The van der Waals surface area contributed by atoms with E-state index in [1.54, 1.807) is 6.20 Å². The Kier molecular flexibility index (Phi) is 3.33. The van der Waals surface area contributed by atoms with Crippen LogP contribution in [-0.2, 0) is 0 Å². The molecule has 0 saturated carbocycles. The van der Waals surface area contributed by atoms with Gasteiger partial charge in [-0.05, 0) is 25.5 Å². The van der Waals surface area contributed by atoms with Gasteiger partial charge in [-0.2, -0.15) is 0 Å². The van der Waals surface area contributed by atoms with Crippen molar-refractivity contribution in [1.82, 2.24) is 4.98 Å². The van der Waals surface area contributed by atoms with E-state index >= 15 is 0 Å². The first-order valence-electron chi connectivity index (χ1n) is 5.70. The van der Waals surface area contributed by atoms with Gasteiger partial charge in [0.05, 0.1) is 11.6 Å². The van der Waals surface area contributed by atoms with E-state index in [4.69, 9.17) is 0 Å². The minimum absolute atomic E-state index is 0.113. The molecule has 2 nitrogen and oxygen atoms in total. The molecule has 1 aromatic heterocycles. The molecule has 2 rings (SSSR count). The minimum atomic E-state index is -0.196. The largest absolute Gasteiger partial charge is 0.293 e. The van der Waals surface area contributed by atoms with Crippen molar-refractivity contribution in [2.24, 2.45) is 0 Å². The van der Waals surface area contributed by atoms with Crippen molar-refractivity contribution in [3.63, 3.8) is 0 Å². The lowest BCUT2D eigenvalue weighted by Crippen LogP contribution is -2.10. The Hall–Kier alpha value is -1.96. The molecule has 0 radical (unpaired) electrons. The van der Waals surface area contributed by atoms with Gasteiger partial charge in [-0.3, -0.25) is 9.78 Å². The number of carbonyl (C=O) groups is 1. The van der Waals surface area contributed by atoms with Gasteiger partial charge in [0.2, 0.25) is 0 Å². The summed E-state index contributed by atoms with van der Waals surface area (Å²) in [5, 5.41) is 0. The zero-order valence-corrected chi connectivity index (χ0v) is 10.1. The van der Waals surface area contributed by atoms with Crippen LogP contribution in [-0.4, -0.2) is 10.8 Å². The first-order valence-corrected chi connectivity index (χ1v) is 5.70. The van der Waals surface area contributed by atoms with Crippen molar-refractivity contribution >= 4 is 5.78 Å². The molecule has 0 fully saturated rings. The van der Waals surface area contributed by atoms with Gasteiger partial charge in [0.1, 0.15) is 0 Å². The Morgan fingerprint density at radius 3 is 2.41 bits per heavy atom. The summed E-state index contributed by atoms with van der Waals surface area (Å²) in [5.41, 5.74) is 2.67. The zero-order chi connectivity index (χ0) is 12.3. The second kappa shape index (κ2) is 4.91. The predicted molar refractivity (Wildman–Crippen MR) is 68.2 cm³/mol. The highest BCUT2D eigenvalue weighted by Gasteiger charge is 2.17. The van der Waals surface area contributed by atoms with E-state index < -0.39 is 0 Å². The number of rotatable bonds is 3. The van der Waals surface area contributed by atoms with Gasteiger partial charge < -0.3 is 0 Å². The lowest BCUT2D eigenvalue weighted by atomic mass is 9.96. The summed E-state index contributed by atoms with van der Waals surface area (Å²) < 4.78 is 0. The van der Waals surface area contributed by atoms with Crippen molar-refractivity contribution in [2.45, 2.75) is 19.8 Å². The molecule has 2 heteroatoms. The Bertz CT molecular complexity index is 502. The summed E-state index contributed by atoms with van der Waals surface area (Å²) in [6.45, 7) is 3.88. The number of hydrogen-bond acceptors (Lipinski definition) is 2. The molecular weight excluding hydrogens is 210 g/mol. The van der Waals surface area contributed by atoms with Crippen molar-refractivity contribution in [3.05, 3.63) is 65.5 Å². The first-order chi connectivity index (χ1) is 8.18. The average Bonchev–Trinajstić information content (AvgIpc) is 2.39. The van der Waals surface area contributed by atoms with Gasteiger partial charge in [-0.1, -0.05) is 36.4 Å². The van der Waals surface area contributed by atoms with Crippen LogP contribution in [0.15, 0.2) is 48.7 Å². The molecule has 17 heavy (non-hydrogen) atoms. The summed E-state index contributed by atoms with van der Waals surface area (Å²) >= 11 is 0. The van der Waals surface area contributed by atoms with Crippen LogP contribution in [0, 0.1) is 6.92 Å². The number of carbonyl (C=O) groups excluding carboxylic acids is 1. The topological polar surface area (TPSA) is 30.0 Å². The highest BCUT2D eigenvalue weighted by atomic mass is 16.1. The zero-order valence-electron chi connectivity index (χ0n) is 10.1. The quantitative estimate of drug-likeness (QED) is 0.749. The van der Waals surface area contributed by atoms with E-state index in [9.17, 15) is 4.79 Å². The molecule has 0 N–H and O–H groups in total. The molecule has 2 aromatic rings. The van der Waals surface area contributed by atoms with Crippen molar-refractivity contribution in [2.75, 3.05) is 0 Å². The maximum absolute atomic E-state index is 12.2. The third-order valence-electron chi connectivity index (χ3n) is 2.83. The number of benzene rings is 1. The van der Waals surface area contributed by atoms with Crippen LogP contribution in [0.3, 0.4) is 0 Å². The number of aryl methyl sites for hydroxylation is 1. The highest BCUT2D eigenvalue weighted by Crippen LogP contribution is 2.18. The Labute approximate surface area is 101 Å². The van der Waals surface area contributed by atoms with Gasteiger partial charge in [0.15, 0.2) is 5.78 Å². The van der Waals surface area contributed by atoms with Crippen molar-refractivity contribution < 1.29 is 4.79 Å². The molecule has 1 unspecified atom stereocenters. The number of ketones is 1. The monoisotopic (exact) mass is 225 g/mol. The smallest absolute Gasteiger partial charge is 0.171 e. The highest BCUT2D eigenvalue weighted by molar-refractivity contribution is 6.00. The summed E-state index contributed by atoms with van der Waals surface area (Å²) in [7, 11) is 0. The lowest BCUT2D eigenvalue weighted by molar-refractivity contribution is 0.0964. The summed E-state index contributed by atoms with van der Waals surface area (Å²) in [6.07, 6.45) is 1.80. The van der Waals surface area contributed by atoms with E-state index in [2.05, 4.69) is 4.98 Å². The molecule has 0 saturated heterocycles. The van der Waals surface area contributed by atoms with Crippen LogP contribution < -0.4 is 0 Å². The van der Waals surface area contributed by atoms with E-state index in [1.807, 2.05) is 56.3 Å². The van der Waals surface area contributed by atoms with Gasteiger partial charge in [-0.25, -0.2) is 0 Å². The summed E-state index contributed by atoms with van der Waals surface area (Å²) in [6, 6.07) is 13.2. The summed E-state index contributed by atoms with van der Waals surface area (Å²) in [5.74, 6) is -0.0834. The van der Waals surface area contributed by atoms with E-state index in [-0.39, 0.29) is 11.7 Å². The fourth-order valence-electron chi connectivity index (χ4n) is 1.72. The molecule has 86 valence electrons. The van der Waals surface area contributed by atoms with Gasteiger partial charge in [0.25, 0.3) is 0 Å². The molecule has 1 heterocycles. The Morgan fingerprint density at radius 2 is 1.82 bits per heavy atom. The Balaban J connectivity index is 2.23. The van der Waals surface area contributed by atoms with E-state index in [1.165, 1.54) is 0 Å². The number of aromatic nitrogens is 1. The van der Waals surface area contributed by atoms with Crippen LogP contribution in [0.2, 0.25) is 0 Å². The molecule has 0 amide bonds. The number of pyridine rings is 1. The average molecular weight is 225 g/mol. The second-order valence-electron chi connectivity index (χ2n) is 4.21. The molecule has 0 aliphatic heterocycles. The predicted octanol–water partition coefficient (Wildman–Crippen LogP) is 3.38. The van der Waals surface area contributed by atoms with Gasteiger partial charge in [0, 0.05) is 11.8 Å². The molecule has 1 aromatic carbocycles.